The van der Waals surface area contributed by atoms with Gasteiger partial charge < -0.3 is 10.2 Å². The number of aromatic nitrogens is 4. The Morgan fingerprint density at radius 1 is 1.40 bits per heavy atom. The van der Waals surface area contributed by atoms with E-state index in [1.54, 1.807) is 6.33 Å². The molecule has 0 unspecified atom stereocenters. The Bertz CT molecular complexity index is 603. The summed E-state index contributed by atoms with van der Waals surface area (Å²) < 4.78 is 1.85. The lowest BCUT2D eigenvalue weighted by Crippen LogP contribution is -2.57. The maximum atomic E-state index is 4.56. The molecule has 3 rings (SSSR count). The summed E-state index contributed by atoms with van der Waals surface area (Å²) in [7, 11) is 0. The fourth-order valence-corrected chi connectivity index (χ4v) is 2.79. The first kappa shape index (κ1) is 13.3. The Hall–Kier alpha value is -1.69. The van der Waals surface area contributed by atoms with Gasteiger partial charge in [-0.2, -0.15) is 14.6 Å². The molecule has 1 saturated heterocycles. The zero-order valence-electron chi connectivity index (χ0n) is 12.4. The standard InChI is InChI=1S/C14H22N6/c1-4-5-11-8-12(20-13(18-11)15-10-17-20)19-7-6-16-14(2,3)9-19/h8,10,16H,4-7,9H2,1-3H3. The highest BCUT2D eigenvalue weighted by Crippen LogP contribution is 2.21. The molecule has 1 N–H and O–H groups in total. The molecule has 0 radical (unpaired) electrons. The first-order valence-electron chi connectivity index (χ1n) is 7.29. The second kappa shape index (κ2) is 5.01. The normalized spacial score (nSPS) is 18.6. The van der Waals surface area contributed by atoms with Crippen molar-refractivity contribution < 1.29 is 0 Å². The van der Waals surface area contributed by atoms with Gasteiger partial charge in [-0.05, 0) is 20.3 Å². The van der Waals surface area contributed by atoms with E-state index in [-0.39, 0.29) is 5.54 Å². The Labute approximate surface area is 119 Å². The monoisotopic (exact) mass is 274 g/mol. The van der Waals surface area contributed by atoms with Gasteiger partial charge in [0.25, 0.3) is 5.78 Å². The minimum atomic E-state index is 0.110. The summed E-state index contributed by atoms with van der Waals surface area (Å²) in [4.78, 5) is 11.2. The van der Waals surface area contributed by atoms with Gasteiger partial charge in [0.1, 0.15) is 12.1 Å². The van der Waals surface area contributed by atoms with E-state index >= 15 is 0 Å². The van der Waals surface area contributed by atoms with Crippen LogP contribution in [0.1, 0.15) is 32.9 Å². The van der Waals surface area contributed by atoms with Crippen molar-refractivity contribution in [1.29, 1.82) is 0 Å². The number of fused-ring (bicyclic) bond motifs is 1. The molecular formula is C14H22N6. The van der Waals surface area contributed by atoms with Crippen molar-refractivity contribution in [3.8, 4) is 0 Å². The van der Waals surface area contributed by atoms with Gasteiger partial charge in [-0.3, -0.25) is 0 Å². The summed E-state index contributed by atoms with van der Waals surface area (Å²) in [5.41, 5.74) is 1.21. The van der Waals surface area contributed by atoms with Gasteiger partial charge in [-0.1, -0.05) is 13.3 Å². The molecule has 108 valence electrons. The largest absolute Gasteiger partial charge is 0.353 e. The van der Waals surface area contributed by atoms with E-state index in [4.69, 9.17) is 0 Å². The van der Waals surface area contributed by atoms with Gasteiger partial charge in [0, 0.05) is 36.9 Å². The van der Waals surface area contributed by atoms with Gasteiger partial charge in [0.15, 0.2) is 0 Å². The van der Waals surface area contributed by atoms with Crippen molar-refractivity contribution in [2.75, 3.05) is 24.5 Å². The molecule has 20 heavy (non-hydrogen) atoms. The summed E-state index contributed by atoms with van der Waals surface area (Å²) in [5, 5.41) is 7.86. The fourth-order valence-electron chi connectivity index (χ4n) is 2.79. The first-order valence-corrected chi connectivity index (χ1v) is 7.29. The molecule has 6 heteroatoms. The molecule has 0 amide bonds. The molecule has 0 aromatic carbocycles. The van der Waals surface area contributed by atoms with Gasteiger partial charge in [0.05, 0.1) is 0 Å². The molecule has 0 spiro atoms. The number of nitrogens with zero attached hydrogens (tertiary/aromatic N) is 5. The van der Waals surface area contributed by atoms with E-state index in [0.29, 0.717) is 5.78 Å². The van der Waals surface area contributed by atoms with E-state index < -0.39 is 0 Å². The predicted octanol–water partition coefficient (Wildman–Crippen LogP) is 1.26. The van der Waals surface area contributed by atoms with Crippen LogP contribution in [0.4, 0.5) is 5.82 Å². The Morgan fingerprint density at radius 3 is 3.00 bits per heavy atom. The third-order valence-electron chi connectivity index (χ3n) is 3.69. The minimum absolute atomic E-state index is 0.110. The molecule has 6 nitrogen and oxygen atoms in total. The average Bonchev–Trinajstić information content (AvgIpc) is 2.85. The van der Waals surface area contributed by atoms with Crippen LogP contribution in [0.15, 0.2) is 12.4 Å². The number of rotatable bonds is 3. The molecule has 0 saturated carbocycles. The lowest BCUT2D eigenvalue weighted by atomic mass is 10.0. The molecule has 1 aliphatic heterocycles. The van der Waals surface area contributed by atoms with E-state index in [1.165, 1.54) is 0 Å². The Balaban J connectivity index is 2.02. The highest BCUT2D eigenvalue weighted by molar-refractivity contribution is 5.48. The third kappa shape index (κ3) is 2.47. The number of hydrogen-bond acceptors (Lipinski definition) is 5. The number of nitrogens with one attached hydrogen (secondary N) is 1. The first-order chi connectivity index (χ1) is 9.59. The topological polar surface area (TPSA) is 58.4 Å². The van der Waals surface area contributed by atoms with Crippen LogP contribution in [0.2, 0.25) is 0 Å². The fraction of sp³-hybridized carbons (Fsp3) is 0.643. The van der Waals surface area contributed by atoms with Crippen LogP contribution in [0.3, 0.4) is 0 Å². The van der Waals surface area contributed by atoms with Crippen molar-refractivity contribution in [2.24, 2.45) is 0 Å². The van der Waals surface area contributed by atoms with Gasteiger partial charge in [-0.15, -0.1) is 0 Å². The van der Waals surface area contributed by atoms with Gasteiger partial charge in [0.2, 0.25) is 0 Å². The van der Waals surface area contributed by atoms with Crippen molar-refractivity contribution >= 4 is 11.6 Å². The molecule has 2 aromatic rings. The summed E-state index contributed by atoms with van der Waals surface area (Å²) in [6.45, 7) is 9.54. The zero-order chi connectivity index (χ0) is 14.2. The number of piperazine rings is 1. The lowest BCUT2D eigenvalue weighted by Gasteiger charge is -2.40. The van der Waals surface area contributed by atoms with Gasteiger partial charge >= 0.3 is 0 Å². The van der Waals surface area contributed by atoms with Crippen LogP contribution in [0.5, 0.6) is 0 Å². The van der Waals surface area contributed by atoms with Crippen LogP contribution in [-0.2, 0) is 6.42 Å². The number of aryl methyl sites for hydroxylation is 1. The quantitative estimate of drug-likeness (QED) is 0.913. The van der Waals surface area contributed by atoms with Crippen LogP contribution in [0, 0.1) is 0 Å². The molecule has 2 aromatic heterocycles. The second-order valence-corrected chi connectivity index (χ2v) is 6.06. The molecular weight excluding hydrogens is 252 g/mol. The number of hydrogen-bond donors (Lipinski definition) is 1. The highest BCUT2D eigenvalue weighted by atomic mass is 15.4. The van der Waals surface area contributed by atoms with E-state index in [9.17, 15) is 0 Å². The SMILES string of the molecule is CCCc1cc(N2CCNC(C)(C)C2)n2ncnc2n1. The van der Waals surface area contributed by atoms with Gasteiger partial charge in [-0.25, -0.2) is 4.98 Å². The predicted molar refractivity (Wildman–Crippen MR) is 79.1 cm³/mol. The summed E-state index contributed by atoms with van der Waals surface area (Å²) in [6, 6.07) is 2.16. The average molecular weight is 274 g/mol. The van der Waals surface area contributed by atoms with E-state index in [1.807, 2.05) is 4.52 Å². The minimum Gasteiger partial charge on any atom is -0.353 e. The summed E-state index contributed by atoms with van der Waals surface area (Å²) >= 11 is 0. The molecule has 3 heterocycles. The van der Waals surface area contributed by atoms with Crippen molar-refractivity contribution in [3.63, 3.8) is 0 Å². The van der Waals surface area contributed by atoms with Crippen LogP contribution in [0.25, 0.3) is 5.78 Å². The lowest BCUT2D eigenvalue weighted by molar-refractivity contribution is 0.350. The Kier molecular flexibility index (Phi) is 3.33. The maximum absolute atomic E-state index is 4.56. The maximum Gasteiger partial charge on any atom is 0.254 e. The molecule has 0 aliphatic carbocycles. The second-order valence-electron chi connectivity index (χ2n) is 6.06. The van der Waals surface area contributed by atoms with Crippen molar-refractivity contribution in [3.05, 3.63) is 18.1 Å². The molecule has 0 atom stereocenters. The van der Waals surface area contributed by atoms with E-state index in [2.05, 4.69) is 52.1 Å². The molecule has 1 aliphatic rings. The van der Waals surface area contributed by atoms with E-state index in [0.717, 1.165) is 44.0 Å². The Morgan fingerprint density at radius 2 is 2.25 bits per heavy atom. The highest BCUT2D eigenvalue weighted by Gasteiger charge is 2.27. The molecule has 1 fully saturated rings. The van der Waals surface area contributed by atoms with Crippen molar-refractivity contribution in [2.45, 2.75) is 39.2 Å². The summed E-state index contributed by atoms with van der Waals surface area (Å²) in [6.07, 6.45) is 3.64. The van der Waals surface area contributed by atoms with Crippen molar-refractivity contribution in [1.82, 2.24) is 24.9 Å². The van der Waals surface area contributed by atoms with Crippen LogP contribution < -0.4 is 10.2 Å². The number of anilines is 1. The third-order valence-corrected chi connectivity index (χ3v) is 3.69. The smallest absolute Gasteiger partial charge is 0.254 e. The summed E-state index contributed by atoms with van der Waals surface area (Å²) in [5.74, 6) is 1.80. The molecule has 0 bridgehead atoms. The van der Waals surface area contributed by atoms with Crippen LogP contribution >= 0.6 is 0 Å². The van der Waals surface area contributed by atoms with Crippen LogP contribution in [-0.4, -0.2) is 44.8 Å². The zero-order valence-corrected chi connectivity index (χ0v) is 12.4.